The molecule has 0 aromatic carbocycles. The van der Waals surface area contributed by atoms with Gasteiger partial charge in [-0.05, 0) is 47.5 Å². The molecule has 0 aliphatic heterocycles. The Morgan fingerprint density at radius 3 is 2.76 bits per heavy atom. The van der Waals surface area contributed by atoms with Gasteiger partial charge in [-0.2, -0.15) is 4.98 Å². The van der Waals surface area contributed by atoms with Crippen LogP contribution >= 0.6 is 15.9 Å². The lowest BCUT2D eigenvalue weighted by molar-refractivity contribution is 0.393. The fourth-order valence-corrected chi connectivity index (χ4v) is 2.34. The van der Waals surface area contributed by atoms with Gasteiger partial charge in [0.15, 0.2) is 0 Å². The third-order valence-corrected chi connectivity index (χ3v) is 3.83. The normalized spacial score (nSPS) is 19.2. The number of hydrogen-bond donors (Lipinski definition) is 0. The van der Waals surface area contributed by atoms with Crippen molar-refractivity contribution in [3.05, 3.63) is 10.7 Å². The first-order valence-electron chi connectivity index (χ1n) is 6.11. The van der Waals surface area contributed by atoms with Crippen molar-refractivity contribution < 1.29 is 4.74 Å². The molecule has 0 radical (unpaired) electrons. The van der Waals surface area contributed by atoms with Crippen LogP contribution in [0, 0.1) is 5.92 Å². The lowest BCUT2D eigenvalue weighted by Crippen LogP contribution is -2.29. The molecule has 1 heterocycles. The number of nitrogens with zero attached hydrogens (tertiary/aromatic N) is 3. The molecular formula is C12H16BrN3O. The molecular weight excluding hydrogens is 282 g/mol. The molecule has 17 heavy (non-hydrogen) atoms. The molecule has 0 unspecified atom stereocenters. The summed E-state index contributed by atoms with van der Waals surface area (Å²) in [6, 6.07) is 0.654. The van der Waals surface area contributed by atoms with E-state index in [0.717, 1.165) is 22.9 Å². The maximum Gasteiger partial charge on any atom is 0.232 e. The minimum absolute atomic E-state index is 0.622. The van der Waals surface area contributed by atoms with Gasteiger partial charge < -0.3 is 9.64 Å². The highest BCUT2D eigenvalue weighted by Gasteiger charge is 2.35. The average Bonchev–Trinajstić information content (AvgIpc) is 3.19. The Labute approximate surface area is 110 Å². The zero-order chi connectivity index (χ0) is 11.8. The zero-order valence-electron chi connectivity index (χ0n) is 9.90. The van der Waals surface area contributed by atoms with Crippen LogP contribution in [0.1, 0.15) is 25.7 Å². The summed E-state index contributed by atoms with van der Waals surface area (Å²) in [4.78, 5) is 11.2. The second-order valence-electron chi connectivity index (χ2n) is 4.85. The molecule has 92 valence electrons. The van der Waals surface area contributed by atoms with Gasteiger partial charge in [0.2, 0.25) is 11.8 Å². The monoisotopic (exact) mass is 297 g/mol. The summed E-state index contributed by atoms with van der Waals surface area (Å²) in [6.07, 6.45) is 7.04. The highest BCUT2D eigenvalue weighted by molar-refractivity contribution is 9.10. The Morgan fingerprint density at radius 1 is 1.41 bits per heavy atom. The van der Waals surface area contributed by atoms with Crippen LogP contribution < -0.4 is 9.64 Å². The highest BCUT2D eigenvalue weighted by atomic mass is 79.9. The lowest BCUT2D eigenvalue weighted by Gasteiger charge is -2.22. The molecule has 5 heteroatoms. The summed E-state index contributed by atoms with van der Waals surface area (Å²) in [7, 11) is 1.64. The van der Waals surface area contributed by atoms with Crippen LogP contribution in [-0.2, 0) is 0 Å². The van der Waals surface area contributed by atoms with Gasteiger partial charge in [0.1, 0.15) is 0 Å². The molecule has 1 aromatic rings. The first-order chi connectivity index (χ1) is 8.28. The topological polar surface area (TPSA) is 38.2 Å². The third-order valence-electron chi connectivity index (χ3n) is 3.29. The number of hydrogen-bond acceptors (Lipinski definition) is 4. The molecule has 2 fully saturated rings. The van der Waals surface area contributed by atoms with Crippen molar-refractivity contribution in [3.63, 3.8) is 0 Å². The van der Waals surface area contributed by atoms with Gasteiger partial charge in [0.05, 0.1) is 17.8 Å². The minimum atomic E-state index is 0.622. The number of halogens is 1. The molecule has 0 saturated heterocycles. The Balaban J connectivity index is 1.83. The second kappa shape index (κ2) is 4.44. The number of aromatic nitrogens is 2. The van der Waals surface area contributed by atoms with E-state index < -0.39 is 0 Å². The van der Waals surface area contributed by atoms with E-state index in [9.17, 15) is 0 Å². The molecule has 2 aliphatic rings. The van der Waals surface area contributed by atoms with E-state index in [0.29, 0.717) is 11.9 Å². The maximum atomic E-state index is 5.23. The van der Waals surface area contributed by atoms with Gasteiger partial charge in [-0.15, -0.1) is 0 Å². The van der Waals surface area contributed by atoms with Crippen LogP contribution in [0.5, 0.6) is 5.88 Å². The van der Waals surface area contributed by atoms with E-state index in [-0.39, 0.29) is 0 Å². The smallest absolute Gasteiger partial charge is 0.232 e. The lowest BCUT2D eigenvalue weighted by atomic mass is 10.3. The Morgan fingerprint density at radius 2 is 2.18 bits per heavy atom. The van der Waals surface area contributed by atoms with Gasteiger partial charge in [-0.1, -0.05) is 0 Å². The molecule has 1 aromatic heterocycles. The van der Waals surface area contributed by atoms with E-state index in [1.165, 1.54) is 25.7 Å². The molecule has 0 atom stereocenters. The summed E-state index contributed by atoms with van der Waals surface area (Å²) >= 11 is 3.39. The van der Waals surface area contributed by atoms with Gasteiger partial charge >= 0.3 is 0 Å². The summed E-state index contributed by atoms with van der Waals surface area (Å²) < 4.78 is 6.04. The number of anilines is 1. The van der Waals surface area contributed by atoms with Crippen molar-refractivity contribution in [2.24, 2.45) is 5.92 Å². The predicted molar refractivity (Wildman–Crippen MR) is 69.4 cm³/mol. The molecule has 3 rings (SSSR count). The van der Waals surface area contributed by atoms with Crippen LogP contribution in [0.4, 0.5) is 5.95 Å². The van der Waals surface area contributed by atoms with Crippen LogP contribution in [0.3, 0.4) is 0 Å². The van der Waals surface area contributed by atoms with E-state index >= 15 is 0 Å². The molecule has 0 bridgehead atoms. The van der Waals surface area contributed by atoms with E-state index in [1.54, 1.807) is 13.3 Å². The fraction of sp³-hybridized carbons (Fsp3) is 0.667. The van der Waals surface area contributed by atoms with Crippen molar-refractivity contribution in [1.82, 2.24) is 9.97 Å². The summed E-state index contributed by atoms with van der Waals surface area (Å²) in [6.45, 7) is 1.11. The molecule has 0 amide bonds. The number of methoxy groups -OCH3 is 1. The van der Waals surface area contributed by atoms with Crippen molar-refractivity contribution in [2.75, 3.05) is 18.6 Å². The average molecular weight is 298 g/mol. The predicted octanol–water partition coefficient (Wildman–Crippen LogP) is 2.63. The van der Waals surface area contributed by atoms with Crippen LogP contribution in [0.15, 0.2) is 10.7 Å². The highest BCUT2D eigenvalue weighted by Crippen LogP contribution is 2.37. The van der Waals surface area contributed by atoms with Gasteiger partial charge in [0.25, 0.3) is 0 Å². The Hall–Kier alpha value is -0.840. The first-order valence-corrected chi connectivity index (χ1v) is 6.90. The minimum Gasteiger partial charge on any atom is -0.480 e. The van der Waals surface area contributed by atoms with Crippen molar-refractivity contribution >= 4 is 21.9 Å². The summed E-state index contributed by atoms with van der Waals surface area (Å²) in [5.41, 5.74) is 0. The molecule has 2 saturated carbocycles. The maximum absolute atomic E-state index is 5.23. The van der Waals surface area contributed by atoms with E-state index in [4.69, 9.17) is 4.74 Å². The van der Waals surface area contributed by atoms with Crippen molar-refractivity contribution in [3.8, 4) is 5.88 Å². The third kappa shape index (κ3) is 2.54. The van der Waals surface area contributed by atoms with Crippen LogP contribution in [-0.4, -0.2) is 29.7 Å². The number of ether oxygens (including phenoxy) is 1. The van der Waals surface area contributed by atoms with Crippen molar-refractivity contribution in [2.45, 2.75) is 31.7 Å². The van der Waals surface area contributed by atoms with Crippen molar-refractivity contribution in [1.29, 1.82) is 0 Å². The van der Waals surface area contributed by atoms with Crippen LogP contribution in [0.2, 0.25) is 0 Å². The molecule has 0 N–H and O–H groups in total. The van der Waals surface area contributed by atoms with Crippen LogP contribution in [0.25, 0.3) is 0 Å². The summed E-state index contributed by atoms with van der Waals surface area (Å²) in [5, 5.41) is 0. The summed E-state index contributed by atoms with van der Waals surface area (Å²) in [5.74, 6) is 2.30. The van der Waals surface area contributed by atoms with Gasteiger partial charge in [0, 0.05) is 12.6 Å². The Bertz CT molecular complexity index is 418. The zero-order valence-corrected chi connectivity index (χ0v) is 11.5. The largest absolute Gasteiger partial charge is 0.480 e. The van der Waals surface area contributed by atoms with E-state index in [1.807, 2.05) is 0 Å². The molecule has 0 spiro atoms. The quantitative estimate of drug-likeness (QED) is 0.837. The first kappa shape index (κ1) is 11.3. The SMILES string of the molecule is COc1nc(N(CC2CC2)C2CC2)ncc1Br. The Kier molecular flexibility index (Phi) is 2.94. The standard InChI is InChI=1S/C12H16BrN3O/c1-17-11-10(13)6-14-12(15-11)16(9-4-5-9)7-8-2-3-8/h6,8-9H,2-5,7H2,1H3. The fourth-order valence-electron chi connectivity index (χ4n) is 1.98. The molecule has 2 aliphatic carbocycles. The number of rotatable bonds is 5. The van der Waals surface area contributed by atoms with Gasteiger partial charge in [-0.3, -0.25) is 0 Å². The molecule has 4 nitrogen and oxygen atoms in total. The van der Waals surface area contributed by atoms with Gasteiger partial charge in [-0.25, -0.2) is 4.98 Å². The second-order valence-corrected chi connectivity index (χ2v) is 5.71. The van der Waals surface area contributed by atoms with E-state index in [2.05, 4.69) is 30.8 Å².